The number of carbonyl (C=O) groups is 2. The zero-order valence-corrected chi connectivity index (χ0v) is 13.5. The Labute approximate surface area is 136 Å². The van der Waals surface area contributed by atoms with Crippen molar-refractivity contribution in [3.05, 3.63) is 29.8 Å². The van der Waals surface area contributed by atoms with Gasteiger partial charge in [0.05, 0.1) is 12.2 Å². The van der Waals surface area contributed by atoms with Crippen LogP contribution in [0.15, 0.2) is 24.3 Å². The van der Waals surface area contributed by atoms with Crippen LogP contribution < -0.4 is 5.32 Å². The van der Waals surface area contributed by atoms with Crippen LogP contribution in [0.1, 0.15) is 36.5 Å². The lowest BCUT2D eigenvalue weighted by Crippen LogP contribution is -2.33. The van der Waals surface area contributed by atoms with Gasteiger partial charge in [-0.2, -0.15) is 0 Å². The minimum absolute atomic E-state index is 0.335. The Morgan fingerprint density at radius 1 is 1.09 bits per heavy atom. The summed E-state index contributed by atoms with van der Waals surface area (Å²) < 4.78 is 10.1. The highest BCUT2D eigenvalue weighted by Gasteiger charge is 2.11. The Kier molecular flexibility index (Phi) is 6.87. The van der Waals surface area contributed by atoms with E-state index in [1.165, 1.54) is 19.3 Å². The molecule has 0 unspecified atom stereocenters. The Morgan fingerprint density at radius 2 is 1.78 bits per heavy atom. The van der Waals surface area contributed by atoms with Crippen molar-refractivity contribution in [2.24, 2.45) is 0 Å². The number of ether oxygens (including phenoxy) is 2. The smallest absolute Gasteiger partial charge is 0.411 e. The molecular formula is C17H24N2O4. The van der Waals surface area contributed by atoms with E-state index in [-0.39, 0.29) is 5.97 Å². The number of piperidine rings is 1. The monoisotopic (exact) mass is 320 g/mol. The maximum Gasteiger partial charge on any atom is 0.411 e. The predicted octanol–water partition coefficient (Wildman–Crippen LogP) is 2.90. The number of rotatable bonds is 6. The lowest BCUT2D eigenvalue weighted by molar-refractivity contribution is 0.0526. The third-order valence-corrected chi connectivity index (χ3v) is 3.73. The maximum absolute atomic E-state index is 11.7. The first-order chi connectivity index (χ1) is 11.2. The average Bonchev–Trinajstić information content (AvgIpc) is 2.57. The molecule has 0 aromatic heterocycles. The predicted molar refractivity (Wildman–Crippen MR) is 87.7 cm³/mol. The molecule has 1 heterocycles. The van der Waals surface area contributed by atoms with E-state index in [1.54, 1.807) is 31.2 Å². The number of nitrogens with zero attached hydrogens (tertiary/aromatic N) is 1. The van der Waals surface area contributed by atoms with Crippen molar-refractivity contribution in [2.45, 2.75) is 26.2 Å². The Hall–Kier alpha value is -2.08. The molecule has 0 aliphatic carbocycles. The van der Waals surface area contributed by atoms with Crippen LogP contribution >= 0.6 is 0 Å². The molecule has 126 valence electrons. The molecule has 2 rings (SSSR count). The van der Waals surface area contributed by atoms with Crippen molar-refractivity contribution in [3.8, 4) is 0 Å². The van der Waals surface area contributed by atoms with E-state index in [0.29, 0.717) is 24.5 Å². The van der Waals surface area contributed by atoms with E-state index in [0.717, 1.165) is 19.6 Å². The zero-order valence-electron chi connectivity index (χ0n) is 13.5. The molecule has 1 aromatic rings. The molecule has 1 N–H and O–H groups in total. The number of hydrogen-bond donors (Lipinski definition) is 1. The van der Waals surface area contributed by atoms with Crippen molar-refractivity contribution in [1.82, 2.24) is 4.90 Å². The summed E-state index contributed by atoms with van der Waals surface area (Å²) in [7, 11) is 0. The molecule has 0 saturated carbocycles. The molecule has 1 aromatic carbocycles. The van der Waals surface area contributed by atoms with E-state index >= 15 is 0 Å². The maximum atomic E-state index is 11.7. The van der Waals surface area contributed by atoms with Gasteiger partial charge in [-0.25, -0.2) is 9.59 Å². The fourth-order valence-corrected chi connectivity index (χ4v) is 2.51. The summed E-state index contributed by atoms with van der Waals surface area (Å²) in [6, 6.07) is 6.53. The molecule has 1 aliphatic heterocycles. The normalized spacial score (nSPS) is 15.0. The fraction of sp³-hybridized carbons (Fsp3) is 0.529. The molecule has 1 saturated heterocycles. The molecular weight excluding hydrogens is 296 g/mol. The van der Waals surface area contributed by atoms with E-state index in [4.69, 9.17) is 9.47 Å². The third kappa shape index (κ3) is 5.90. The fourth-order valence-electron chi connectivity index (χ4n) is 2.51. The van der Waals surface area contributed by atoms with E-state index in [9.17, 15) is 9.59 Å². The molecule has 1 fully saturated rings. The molecule has 0 atom stereocenters. The van der Waals surface area contributed by atoms with Crippen LogP contribution in [0.3, 0.4) is 0 Å². The Bertz CT molecular complexity index is 510. The molecule has 6 heteroatoms. The van der Waals surface area contributed by atoms with Crippen molar-refractivity contribution in [3.63, 3.8) is 0 Å². The van der Waals surface area contributed by atoms with Gasteiger partial charge < -0.3 is 9.47 Å². The molecule has 0 spiro atoms. The zero-order chi connectivity index (χ0) is 16.5. The summed E-state index contributed by atoms with van der Waals surface area (Å²) in [5.74, 6) is -0.372. The van der Waals surface area contributed by atoms with Crippen LogP contribution in [0, 0.1) is 0 Å². The first kappa shape index (κ1) is 17.3. The first-order valence-electron chi connectivity index (χ1n) is 8.12. The number of likely N-dealkylation sites (tertiary alicyclic amines) is 1. The number of benzene rings is 1. The van der Waals surface area contributed by atoms with Crippen molar-refractivity contribution in [1.29, 1.82) is 0 Å². The Balaban J connectivity index is 1.71. The molecule has 23 heavy (non-hydrogen) atoms. The molecule has 1 aliphatic rings. The highest BCUT2D eigenvalue weighted by atomic mass is 16.5. The highest BCUT2D eigenvalue weighted by Crippen LogP contribution is 2.11. The van der Waals surface area contributed by atoms with Gasteiger partial charge in [0.1, 0.15) is 6.61 Å². The number of esters is 1. The van der Waals surface area contributed by atoms with Gasteiger partial charge in [-0.15, -0.1) is 0 Å². The van der Waals surface area contributed by atoms with Crippen LogP contribution in [0.5, 0.6) is 0 Å². The molecule has 1 amide bonds. The van der Waals surface area contributed by atoms with E-state index < -0.39 is 6.09 Å². The summed E-state index contributed by atoms with van der Waals surface area (Å²) in [6.07, 6.45) is 3.25. The van der Waals surface area contributed by atoms with E-state index in [1.807, 2.05) is 0 Å². The lowest BCUT2D eigenvalue weighted by atomic mass is 10.1. The second-order valence-electron chi connectivity index (χ2n) is 5.46. The van der Waals surface area contributed by atoms with Gasteiger partial charge in [0.2, 0.25) is 0 Å². The summed E-state index contributed by atoms with van der Waals surface area (Å²) in [4.78, 5) is 25.6. The Morgan fingerprint density at radius 3 is 2.43 bits per heavy atom. The molecule has 6 nitrogen and oxygen atoms in total. The van der Waals surface area contributed by atoms with Crippen LogP contribution in [0.2, 0.25) is 0 Å². The minimum atomic E-state index is -0.481. The first-order valence-corrected chi connectivity index (χ1v) is 8.12. The third-order valence-electron chi connectivity index (χ3n) is 3.73. The summed E-state index contributed by atoms with van der Waals surface area (Å²) >= 11 is 0. The van der Waals surface area contributed by atoms with Crippen molar-refractivity contribution >= 4 is 17.7 Å². The van der Waals surface area contributed by atoms with Gasteiger partial charge in [-0.05, 0) is 57.1 Å². The van der Waals surface area contributed by atoms with Gasteiger partial charge in [-0.3, -0.25) is 10.2 Å². The average molecular weight is 320 g/mol. The number of amides is 1. The number of carbonyl (C=O) groups excluding carboxylic acids is 2. The summed E-state index contributed by atoms with van der Waals surface area (Å²) in [5, 5.41) is 2.65. The van der Waals surface area contributed by atoms with Crippen LogP contribution in [-0.4, -0.2) is 49.8 Å². The largest absolute Gasteiger partial charge is 0.462 e. The van der Waals surface area contributed by atoms with Crippen molar-refractivity contribution in [2.75, 3.05) is 38.2 Å². The summed E-state index contributed by atoms with van der Waals surface area (Å²) in [5.41, 5.74) is 1.04. The molecule has 0 bridgehead atoms. The highest BCUT2D eigenvalue weighted by molar-refractivity contribution is 5.91. The SMILES string of the molecule is CCOC(=O)c1ccc(NC(=O)OCCN2CCCCC2)cc1. The van der Waals surface area contributed by atoms with Gasteiger partial charge in [0, 0.05) is 12.2 Å². The summed E-state index contributed by atoms with van der Waals surface area (Å²) in [6.45, 7) is 5.42. The topological polar surface area (TPSA) is 67.9 Å². The number of nitrogens with one attached hydrogen (secondary N) is 1. The number of anilines is 1. The van der Waals surface area contributed by atoms with Gasteiger partial charge in [0.15, 0.2) is 0 Å². The van der Waals surface area contributed by atoms with Gasteiger partial charge >= 0.3 is 12.1 Å². The van der Waals surface area contributed by atoms with E-state index in [2.05, 4.69) is 10.2 Å². The van der Waals surface area contributed by atoms with Crippen LogP contribution in [0.4, 0.5) is 10.5 Å². The minimum Gasteiger partial charge on any atom is -0.462 e. The molecule has 0 radical (unpaired) electrons. The van der Waals surface area contributed by atoms with Crippen LogP contribution in [-0.2, 0) is 9.47 Å². The van der Waals surface area contributed by atoms with Crippen molar-refractivity contribution < 1.29 is 19.1 Å². The van der Waals surface area contributed by atoms with Gasteiger partial charge in [-0.1, -0.05) is 6.42 Å². The van der Waals surface area contributed by atoms with Crippen LogP contribution in [0.25, 0.3) is 0 Å². The van der Waals surface area contributed by atoms with Gasteiger partial charge in [0.25, 0.3) is 0 Å². The number of hydrogen-bond acceptors (Lipinski definition) is 5. The standard InChI is InChI=1S/C17H24N2O4/c1-2-22-16(20)14-6-8-15(9-7-14)18-17(21)23-13-12-19-10-4-3-5-11-19/h6-9H,2-5,10-13H2,1H3,(H,18,21). The lowest BCUT2D eigenvalue weighted by Gasteiger charge is -2.25. The quantitative estimate of drug-likeness (QED) is 0.816. The second-order valence-corrected chi connectivity index (χ2v) is 5.46. The second kappa shape index (κ2) is 9.15.